The quantitative estimate of drug-likeness (QED) is 0.266. The highest BCUT2D eigenvalue weighted by atomic mass is 32.2. The average molecular weight is 641 g/mol. The highest BCUT2D eigenvalue weighted by molar-refractivity contribution is 7.90. The van der Waals surface area contributed by atoms with Crippen molar-refractivity contribution in [2.45, 2.75) is 120 Å². The summed E-state index contributed by atoms with van der Waals surface area (Å²) in [5, 5.41) is 8.97. The van der Waals surface area contributed by atoms with E-state index < -0.39 is 52.0 Å². The van der Waals surface area contributed by atoms with Gasteiger partial charge in [-0.15, -0.1) is 0 Å². The van der Waals surface area contributed by atoms with Crippen LogP contribution in [0.5, 0.6) is 0 Å². The maximum Gasteiger partial charge on any atom is 0.421 e. The number of hydrogen-bond donors (Lipinski definition) is 2. The second-order valence-corrected chi connectivity index (χ2v) is 14.1. The Labute approximate surface area is 260 Å². The van der Waals surface area contributed by atoms with Crippen LogP contribution in [0.15, 0.2) is 29.2 Å². The van der Waals surface area contributed by atoms with E-state index in [4.69, 9.17) is 28.8 Å². The maximum atomic E-state index is 13.1. The first kappa shape index (κ1) is 34.6. The number of benzene rings is 1. The monoisotopic (exact) mass is 640 g/mol. The lowest BCUT2D eigenvalue weighted by Crippen LogP contribution is -2.47. The third-order valence-electron chi connectivity index (χ3n) is 8.16. The van der Waals surface area contributed by atoms with Gasteiger partial charge in [-0.1, -0.05) is 57.6 Å². The van der Waals surface area contributed by atoms with Crippen molar-refractivity contribution in [1.29, 1.82) is 0 Å². The summed E-state index contributed by atoms with van der Waals surface area (Å²) in [6.07, 6.45) is 5.98. The number of nitrogens with one attached hydrogen (secondary N) is 1. The standard InChI is InChI=1S/C31H48N2O10S/c1-4-5-6-9-12-19-39-22-31-28(42-30(2,3)43-31)27(25(41-31)21-33-17-10-7-8-11-18-33)40-29(36)32-44(37,38)24-15-13-23(14-16-24)20-26(34)35/h13-16,25,27-28H,4-12,17-22H2,1-3H3,(H,32,36)(H,34,35)/t25-,27+,28-,31-/m0/s1. The number of hydrogen-bond acceptors (Lipinski definition) is 10. The van der Waals surface area contributed by atoms with Crippen LogP contribution in [0.2, 0.25) is 0 Å². The Balaban J connectivity index is 1.48. The van der Waals surface area contributed by atoms with Gasteiger partial charge in [0.05, 0.1) is 11.3 Å². The smallest absolute Gasteiger partial charge is 0.421 e. The molecule has 0 aliphatic carbocycles. The predicted molar refractivity (Wildman–Crippen MR) is 160 cm³/mol. The van der Waals surface area contributed by atoms with Gasteiger partial charge in [0, 0.05) is 13.2 Å². The number of aliphatic carboxylic acids is 1. The van der Waals surface area contributed by atoms with E-state index in [0.717, 1.165) is 64.5 Å². The van der Waals surface area contributed by atoms with Gasteiger partial charge in [-0.3, -0.25) is 4.79 Å². The molecular formula is C31H48N2O10S. The fraction of sp³-hybridized carbons (Fsp3) is 0.742. The molecule has 3 fully saturated rings. The van der Waals surface area contributed by atoms with E-state index in [1.165, 1.54) is 30.7 Å². The zero-order valence-corrected chi connectivity index (χ0v) is 26.9. The van der Waals surface area contributed by atoms with Crippen molar-refractivity contribution in [3.8, 4) is 0 Å². The third-order valence-corrected chi connectivity index (χ3v) is 9.49. The number of amides is 1. The summed E-state index contributed by atoms with van der Waals surface area (Å²) in [5.74, 6) is -3.41. The summed E-state index contributed by atoms with van der Waals surface area (Å²) in [7, 11) is -4.30. The lowest BCUT2D eigenvalue weighted by atomic mass is 10.0. The predicted octanol–water partition coefficient (Wildman–Crippen LogP) is 4.21. The Morgan fingerprint density at radius 1 is 1.02 bits per heavy atom. The van der Waals surface area contributed by atoms with Crippen LogP contribution in [-0.2, 0) is 44.9 Å². The Morgan fingerprint density at radius 3 is 2.36 bits per heavy atom. The molecule has 44 heavy (non-hydrogen) atoms. The second-order valence-electron chi connectivity index (χ2n) is 12.4. The van der Waals surface area contributed by atoms with Crippen LogP contribution in [0.1, 0.15) is 84.1 Å². The van der Waals surface area contributed by atoms with Gasteiger partial charge >= 0.3 is 12.1 Å². The molecule has 3 aliphatic rings. The molecule has 13 heteroatoms. The summed E-state index contributed by atoms with van der Waals surface area (Å²) < 4.78 is 59.0. The normalized spacial score (nSPS) is 27.0. The molecule has 3 heterocycles. The highest BCUT2D eigenvalue weighted by Gasteiger charge is 2.66. The maximum absolute atomic E-state index is 13.1. The molecule has 1 aromatic carbocycles. The van der Waals surface area contributed by atoms with E-state index in [-0.39, 0.29) is 17.9 Å². The molecule has 4 rings (SSSR count). The Morgan fingerprint density at radius 2 is 1.70 bits per heavy atom. The molecule has 0 spiro atoms. The van der Waals surface area contributed by atoms with Gasteiger partial charge in [-0.2, -0.15) is 0 Å². The minimum atomic E-state index is -4.30. The molecule has 0 aromatic heterocycles. The van der Waals surface area contributed by atoms with E-state index in [0.29, 0.717) is 18.7 Å². The number of carboxylic acids is 1. The summed E-state index contributed by atoms with van der Waals surface area (Å²) in [6, 6.07) is 5.27. The molecule has 4 atom stereocenters. The van der Waals surface area contributed by atoms with E-state index in [9.17, 15) is 18.0 Å². The van der Waals surface area contributed by atoms with E-state index in [1.807, 2.05) is 4.72 Å². The third kappa shape index (κ3) is 9.37. The number of unbranched alkanes of at least 4 members (excludes halogenated alkanes) is 4. The van der Waals surface area contributed by atoms with Crippen LogP contribution in [0, 0.1) is 0 Å². The van der Waals surface area contributed by atoms with Gasteiger partial charge in [0.1, 0.15) is 12.7 Å². The van der Waals surface area contributed by atoms with Crippen molar-refractivity contribution in [2.75, 3.05) is 32.8 Å². The first-order valence-electron chi connectivity index (χ1n) is 15.8. The zero-order valence-electron chi connectivity index (χ0n) is 26.1. The van der Waals surface area contributed by atoms with Gasteiger partial charge in [0.15, 0.2) is 18.0 Å². The molecule has 0 unspecified atom stereocenters. The van der Waals surface area contributed by atoms with Crippen LogP contribution in [-0.4, -0.2) is 93.2 Å². The average Bonchev–Trinajstić information content (AvgIpc) is 3.19. The molecule has 0 saturated carbocycles. The molecule has 248 valence electrons. The van der Waals surface area contributed by atoms with Gasteiger partial charge in [-0.25, -0.2) is 17.9 Å². The zero-order chi connectivity index (χ0) is 31.8. The van der Waals surface area contributed by atoms with Gasteiger partial charge < -0.3 is 33.7 Å². The first-order valence-corrected chi connectivity index (χ1v) is 17.3. The van der Waals surface area contributed by atoms with Crippen molar-refractivity contribution in [3.63, 3.8) is 0 Å². The number of carbonyl (C=O) groups is 2. The number of likely N-dealkylation sites (tertiary alicyclic amines) is 1. The molecule has 3 saturated heterocycles. The SMILES string of the molecule is CCCCCCCOC[C@@]12O[C@@H](CN3CCCCCC3)[C@@H](OC(=O)NS(=O)(=O)c3ccc(CC(=O)O)cc3)[C@@H]1OC(C)(C)O2. The minimum Gasteiger partial charge on any atom is -0.481 e. The molecule has 2 N–H and O–H groups in total. The largest absolute Gasteiger partial charge is 0.481 e. The number of ether oxygens (including phenoxy) is 5. The molecule has 1 aromatic rings. The van der Waals surface area contributed by atoms with Gasteiger partial charge in [0.25, 0.3) is 10.0 Å². The van der Waals surface area contributed by atoms with Crippen molar-refractivity contribution in [2.24, 2.45) is 0 Å². The van der Waals surface area contributed by atoms with Crippen LogP contribution in [0.25, 0.3) is 0 Å². The number of nitrogens with zero attached hydrogens (tertiary/aromatic N) is 1. The van der Waals surface area contributed by atoms with Gasteiger partial charge in [0.2, 0.25) is 5.79 Å². The van der Waals surface area contributed by atoms with Crippen molar-refractivity contribution < 1.29 is 46.8 Å². The first-order chi connectivity index (χ1) is 20.9. The van der Waals surface area contributed by atoms with Crippen LogP contribution in [0.4, 0.5) is 4.79 Å². The van der Waals surface area contributed by atoms with Gasteiger partial charge in [-0.05, 0) is 63.9 Å². The lowest BCUT2D eigenvalue weighted by Gasteiger charge is -2.31. The van der Waals surface area contributed by atoms with Crippen molar-refractivity contribution >= 4 is 22.1 Å². The fourth-order valence-electron chi connectivity index (χ4n) is 6.12. The molecule has 12 nitrogen and oxygen atoms in total. The number of sulfonamides is 1. The van der Waals surface area contributed by atoms with Crippen LogP contribution in [0.3, 0.4) is 0 Å². The minimum absolute atomic E-state index is 0.0772. The Kier molecular flexibility index (Phi) is 12.0. The summed E-state index contributed by atoms with van der Waals surface area (Å²) in [6.45, 7) is 8.49. The summed E-state index contributed by atoms with van der Waals surface area (Å²) >= 11 is 0. The highest BCUT2D eigenvalue weighted by Crippen LogP contribution is 2.47. The molecular weight excluding hydrogens is 592 g/mol. The summed E-state index contributed by atoms with van der Waals surface area (Å²) in [4.78, 5) is 26.2. The van der Waals surface area contributed by atoms with E-state index >= 15 is 0 Å². The number of rotatable bonds is 15. The Bertz CT molecular complexity index is 1200. The summed E-state index contributed by atoms with van der Waals surface area (Å²) in [5.41, 5.74) is 0.430. The van der Waals surface area contributed by atoms with Crippen molar-refractivity contribution in [1.82, 2.24) is 9.62 Å². The van der Waals surface area contributed by atoms with Crippen molar-refractivity contribution in [3.05, 3.63) is 29.8 Å². The number of carbonyl (C=O) groups excluding carboxylic acids is 1. The van der Waals surface area contributed by atoms with E-state index in [2.05, 4.69) is 11.8 Å². The van der Waals surface area contributed by atoms with Crippen LogP contribution >= 0.6 is 0 Å². The second kappa shape index (κ2) is 15.3. The number of fused-ring (bicyclic) bond motifs is 1. The van der Waals surface area contributed by atoms with E-state index in [1.54, 1.807) is 13.8 Å². The number of carboxylic acid groups (broad SMARTS) is 1. The topological polar surface area (TPSA) is 150 Å². The fourth-order valence-corrected chi connectivity index (χ4v) is 7.00. The molecule has 1 amide bonds. The molecule has 0 radical (unpaired) electrons. The Hall–Kier alpha value is -2.29. The molecule has 3 aliphatic heterocycles. The lowest BCUT2D eigenvalue weighted by molar-refractivity contribution is -0.279. The van der Waals surface area contributed by atoms with Crippen LogP contribution < -0.4 is 4.72 Å². The molecule has 0 bridgehead atoms.